The van der Waals surface area contributed by atoms with Gasteiger partial charge in [0.1, 0.15) is 0 Å². The van der Waals surface area contributed by atoms with Crippen molar-refractivity contribution in [2.45, 2.75) is 32.6 Å². The van der Waals surface area contributed by atoms with Crippen LogP contribution in [-0.2, 0) is 12.8 Å². The topological polar surface area (TPSA) is 0 Å². The molecule has 0 radical (unpaired) electrons. The van der Waals surface area contributed by atoms with Crippen molar-refractivity contribution in [2.75, 3.05) is 0 Å². The minimum Gasteiger partial charge on any atom is -0.0843 e. The summed E-state index contributed by atoms with van der Waals surface area (Å²) in [6, 6.07) is 13.2. The highest BCUT2D eigenvalue weighted by molar-refractivity contribution is 6.30. The quantitative estimate of drug-likeness (QED) is 0.629. The van der Waals surface area contributed by atoms with Gasteiger partial charge in [-0.1, -0.05) is 48.4 Å². The van der Waals surface area contributed by atoms with Gasteiger partial charge in [0.05, 0.1) is 0 Å². The molecular formula is C17H17Cl. The maximum atomic E-state index is 6.11. The van der Waals surface area contributed by atoms with Gasteiger partial charge >= 0.3 is 0 Å². The molecule has 1 aliphatic rings. The molecule has 2 aromatic rings. The predicted octanol–water partition coefficient (Wildman–Crippen LogP) is 4.90. The van der Waals surface area contributed by atoms with Gasteiger partial charge in [0, 0.05) is 10.9 Å². The number of halogens is 1. The summed E-state index contributed by atoms with van der Waals surface area (Å²) >= 11 is 6.11. The third kappa shape index (κ3) is 1.95. The van der Waals surface area contributed by atoms with Gasteiger partial charge in [-0.3, -0.25) is 0 Å². The van der Waals surface area contributed by atoms with Gasteiger partial charge in [0.15, 0.2) is 0 Å². The zero-order valence-electron chi connectivity index (χ0n) is 10.8. The lowest BCUT2D eigenvalue weighted by molar-refractivity contribution is 0.911. The molecule has 1 heteroatoms. The smallest absolute Gasteiger partial charge is 0.0408 e. The average Bonchev–Trinajstić information content (AvgIpc) is 2.47. The fourth-order valence-corrected chi connectivity index (χ4v) is 3.22. The Morgan fingerprint density at radius 2 is 1.56 bits per heavy atom. The highest BCUT2D eigenvalue weighted by atomic mass is 35.5. The van der Waals surface area contributed by atoms with Gasteiger partial charge in [-0.25, -0.2) is 0 Å². The average molecular weight is 257 g/mol. The normalized spacial score (nSPS) is 17.8. The maximum absolute atomic E-state index is 6.11. The molecule has 0 N–H and O–H groups in total. The van der Waals surface area contributed by atoms with Gasteiger partial charge in [-0.2, -0.15) is 0 Å². The van der Waals surface area contributed by atoms with Gasteiger partial charge < -0.3 is 0 Å². The number of hydrogen-bond acceptors (Lipinski definition) is 0. The molecule has 0 fully saturated rings. The van der Waals surface area contributed by atoms with E-state index in [1.165, 1.54) is 27.8 Å². The van der Waals surface area contributed by atoms with Crippen LogP contribution in [0.1, 0.15) is 40.7 Å². The monoisotopic (exact) mass is 256 g/mol. The number of rotatable bonds is 0. The molecule has 0 amide bonds. The molecule has 1 unspecified atom stereocenters. The molecule has 92 valence electrons. The Morgan fingerprint density at radius 3 is 2.28 bits per heavy atom. The van der Waals surface area contributed by atoms with Crippen molar-refractivity contribution in [1.29, 1.82) is 0 Å². The molecular weight excluding hydrogens is 240 g/mol. The third-order valence-corrected chi connectivity index (χ3v) is 4.24. The fourth-order valence-electron chi connectivity index (χ4n) is 3.02. The third-order valence-electron chi connectivity index (χ3n) is 4.00. The Morgan fingerprint density at radius 1 is 0.944 bits per heavy atom. The van der Waals surface area contributed by atoms with Crippen LogP contribution in [0.2, 0.25) is 5.02 Å². The van der Waals surface area contributed by atoms with Crippen molar-refractivity contribution in [3.05, 3.63) is 69.2 Å². The van der Waals surface area contributed by atoms with Crippen molar-refractivity contribution in [3.63, 3.8) is 0 Å². The molecule has 0 saturated heterocycles. The zero-order chi connectivity index (χ0) is 12.7. The molecule has 0 heterocycles. The molecule has 0 bridgehead atoms. The first-order valence-corrected chi connectivity index (χ1v) is 6.90. The Bertz CT molecular complexity index is 545. The molecule has 0 aliphatic heterocycles. The summed E-state index contributed by atoms with van der Waals surface area (Å²) < 4.78 is 0. The first-order chi connectivity index (χ1) is 8.65. The van der Waals surface area contributed by atoms with Crippen LogP contribution in [-0.4, -0.2) is 0 Å². The van der Waals surface area contributed by atoms with Crippen molar-refractivity contribution >= 4 is 11.6 Å². The molecule has 0 nitrogen and oxygen atoms in total. The van der Waals surface area contributed by atoms with Crippen molar-refractivity contribution in [1.82, 2.24) is 0 Å². The zero-order valence-corrected chi connectivity index (χ0v) is 11.6. The van der Waals surface area contributed by atoms with E-state index in [4.69, 9.17) is 11.6 Å². The van der Waals surface area contributed by atoms with E-state index in [1.807, 2.05) is 6.07 Å². The molecule has 18 heavy (non-hydrogen) atoms. The second kappa shape index (κ2) is 4.44. The van der Waals surface area contributed by atoms with Crippen LogP contribution in [0, 0.1) is 6.92 Å². The van der Waals surface area contributed by atoms with Gasteiger partial charge in [-0.05, 0) is 54.2 Å². The minimum atomic E-state index is 0.468. The van der Waals surface area contributed by atoms with Crippen LogP contribution >= 0.6 is 11.6 Å². The van der Waals surface area contributed by atoms with Gasteiger partial charge in [0.2, 0.25) is 0 Å². The summed E-state index contributed by atoms with van der Waals surface area (Å²) in [6.45, 7) is 4.46. The molecule has 1 aliphatic carbocycles. The van der Waals surface area contributed by atoms with Crippen molar-refractivity contribution < 1.29 is 0 Å². The fraction of sp³-hybridized carbons (Fsp3) is 0.294. The lowest BCUT2D eigenvalue weighted by Gasteiger charge is -2.16. The Balaban J connectivity index is 2.15. The van der Waals surface area contributed by atoms with Crippen LogP contribution in [0.15, 0.2) is 36.4 Å². The summed E-state index contributed by atoms with van der Waals surface area (Å²) in [4.78, 5) is 0. The van der Waals surface area contributed by atoms with E-state index >= 15 is 0 Å². The number of aryl methyl sites for hydroxylation is 3. The number of hydrogen-bond donors (Lipinski definition) is 0. The van der Waals surface area contributed by atoms with E-state index in [9.17, 15) is 0 Å². The summed E-state index contributed by atoms with van der Waals surface area (Å²) in [5, 5.41) is 0.850. The summed E-state index contributed by atoms with van der Waals surface area (Å²) in [6.07, 6.45) is 2.21. The number of benzene rings is 2. The van der Waals surface area contributed by atoms with Crippen LogP contribution in [0.5, 0.6) is 0 Å². The molecule has 0 spiro atoms. The second-order valence-electron chi connectivity index (χ2n) is 5.27. The van der Waals surface area contributed by atoms with Crippen molar-refractivity contribution in [3.8, 4) is 0 Å². The summed E-state index contributed by atoms with van der Waals surface area (Å²) in [7, 11) is 0. The van der Waals surface area contributed by atoms with E-state index in [1.54, 1.807) is 0 Å². The van der Waals surface area contributed by atoms with E-state index in [2.05, 4.69) is 44.2 Å². The molecule has 0 saturated carbocycles. The Labute approximate surface area is 114 Å². The first-order valence-electron chi connectivity index (χ1n) is 6.53. The lowest BCUT2D eigenvalue weighted by Crippen LogP contribution is -1.99. The summed E-state index contributed by atoms with van der Waals surface area (Å²) in [5.41, 5.74) is 7.16. The van der Waals surface area contributed by atoms with Crippen molar-refractivity contribution in [2.24, 2.45) is 0 Å². The molecule has 3 rings (SSSR count). The molecule has 2 aromatic carbocycles. The summed E-state index contributed by atoms with van der Waals surface area (Å²) in [5.74, 6) is 0.468. The highest BCUT2D eigenvalue weighted by Crippen LogP contribution is 2.35. The molecule has 1 atom stereocenters. The first kappa shape index (κ1) is 11.8. The van der Waals surface area contributed by atoms with Crippen LogP contribution in [0.3, 0.4) is 0 Å². The van der Waals surface area contributed by atoms with Gasteiger partial charge in [-0.15, -0.1) is 0 Å². The maximum Gasteiger partial charge on any atom is 0.0408 e. The van der Waals surface area contributed by atoms with Gasteiger partial charge in [0.25, 0.3) is 0 Å². The van der Waals surface area contributed by atoms with Crippen LogP contribution in [0.4, 0.5) is 0 Å². The lowest BCUT2D eigenvalue weighted by atomic mass is 9.89. The number of fused-ring (bicyclic) bond motifs is 2. The Hall–Kier alpha value is -1.27. The molecule has 0 aromatic heterocycles. The van der Waals surface area contributed by atoms with E-state index < -0.39 is 0 Å². The SMILES string of the molecule is Cc1ccc2c(c1)CCc1cc(Cl)ccc1C2C. The second-order valence-corrected chi connectivity index (χ2v) is 5.70. The Kier molecular flexibility index (Phi) is 2.91. The predicted molar refractivity (Wildman–Crippen MR) is 77.6 cm³/mol. The van der Waals surface area contributed by atoms with E-state index in [-0.39, 0.29) is 0 Å². The van der Waals surface area contributed by atoms with E-state index in [0.29, 0.717) is 5.92 Å². The van der Waals surface area contributed by atoms with E-state index in [0.717, 1.165) is 17.9 Å². The standard InChI is InChI=1S/C17H17Cl/c1-11-3-7-16-12(2)17-8-6-15(18)10-14(17)5-4-13(16)9-11/h3,6-10,12H,4-5H2,1-2H3. The minimum absolute atomic E-state index is 0.468. The highest BCUT2D eigenvalue weighted by Gasteiger charge is 2.20. The largest absolute Gasteiger partial charge is 0.0843 e. The van der Waals surface area contributed by atoms with Crippen LogP contribution in [0.25, 0.3) is 0 Å². The van der Waals surface area contributed by atoms with Crippen LogP contribution < -0.4 is 0 Å².